The summed E-state index contributed by atoms with van der Waals surface area (Å²) < 4.78 is 27.5. The predicted molar refractivity (Wildman–Crippen MR) is 89.5 cm³/mol. The minimum atomic E-state index is -0.653. The number of amides is 1. The SMILES string of the molecule is O=C(O[C@@H]1CO[C@H]2[C@@H]1OC[C@@H]2OC(=O)N1CCOCC1)c1ccccc1O. The molecule has 1 N–H and O–H groups in total. The number of hydrogen-bond donors (Lipinski definition) is 1. The maximum atomic E-state index is 12.3. The van der Waals surface area contributed by atoms with Crippen molar-refractivity contribution in [1.82, 2.24) is 4.90 Å². The van der Waals surface area contributed by atoms with Crippen molar-refractivity contribution in [3.8, 4) is 5.75 Å². The van der Waals surface area contributed by atoms with Crippen molar-refractivity contribution in [1.29, 1.82) is 0 Å². The summed E-state index contributed by atoms with van der Waals surface area (Å²) >= 11 is 0. The fraction of sp³-hybridized carbons (Fsp3) is 0.556. The van der Waals surface area contributed by atoms with Gasteiger partial charge >= 0.3 is 12.1 Å². The molecule has 3 aliphatic heterocycles. The second kappa shape index (κ2) is 7.71. The first-order chi connectivity index (χ1) is 13.1. The Morgan fingerprint density at radius 2 is 1.63 bits per heavy atom. The van der Waals surface area contributed by atoms with E-state index in [1.165, 1.54) is 12.1 Å². The van der Waals surface area contributed by atoms with Crippen LogP contribution in [0.15, 0.2) is 24.3 Å². The first-order valence-corrected chi connectivity index (χ1v) is 8.89. The number of morpholine rings is 1. The van der Waals surface area contributed by atoms with E-state index in [1.807, 2.05) is 0 Å². The third-order valence-electron chi connectivity index (χ3n) is 4.87. The monoisotopic (exact) mass is 379 g/mol. The average molecular weight is 379 g/mol. The van der Waals surface area contributed by atoms with E-state index in [9.17, 15) is 14.7 Å². The largest absolute Gasteiger partial charge is 0.507 e. The van der Waals surface area contributed by atoms with Gasteiger partial charge in [-0.3, -0.25) is 0 Å². The van der Waals surface area contributed by atoms with Crippen molar-refractivity contribution in [2.24, 2.45) is 0 Å². The zero-order valence-electron chi connectivity index (χ0n) is 14.6. The number of para-hydroxylation sites is 1. The Morgan fingerprint density at radius 1 is 1.00 bits per heavy atom. The fourth-order valence-electron chi connectivity index (χ4n) is 3.43. The molecule has 146 valence electrons. The van der Waals surface area contributed by atoms with Gasteiger partial charge in [0.1, 0.15) is 23.5 Å². The van der Waals surface area contributed by atoms with E-state index in [-0.39, 0.29) is 24.5 Å². The summed E-state index contributed by atoms with van der Waals surface area (Å²) in [7, 11) is 0. The Bertz CT molecular complexity index is 704. The van der Waals surface area contributed by atoms with Crippen LogP contribution in [0.25, 0.3) is 0 Å². The number of phenolic OH excluding ortho intramolecular Hbond substituents is 1. The Balaban J connectivity index is 1.34. The summed E-state index contributed by atoms with van der Waals surface area (Å²) in [6.07, 6.45) is -2.61. The number of hydrogen-bond acceptors (Lipinski definition) is 8. The number of carbonyl (C=O) groups excluding carboxylic acids is 2. The second-order valence-electron chi connectivity index (χ2n) is 6.58. The van der Waals surface area contributed by atoms with Crippen molar-refractivity contribution in [2.75, 3.05) is 39.5 Å². The molecule has 3 saturated heterocycles. The molecule has 3 fully saturated rings. The molecule has 0 spiro atoms. The number of nitrogens with zero attached hydrogens (tertiary/aromatic N) is 1. The highest BCUT2D eigenvalue weighted by molar-refractivity contribution is 5.92. The molecule has 0 bridgehead atoms. The number of esters is 1. The highest BCUT2D eigenvalue weighted by Crippen LogP contribution is 2.32. The Labute approximate surface area is 155 Å². The number of ether oxygens (including phenoxy) is 5. The maximum Gasteiger partial charge on any atom is 0.410 e. The smallest absolute Gasteiger partial charge is 0.410 e. The van der Waals surface area contributed by atoms with Crippen LogP contribution in [0.5, 0.6) is 5.75 Å². The highest BCUT2D eigenvalue weighted by Gasteiger charge is 2.51. The quantitative estimate of drug-likeness (QED) is 0.760. The summed E-state index contributed by atoms with van der Waals surface area (Å²) in [4.78, 5) is 26.1. The molecule has 1 amide bonds. The van der Waals surface area contributed by atoms with Crippen LogP contribution in [0.2, 0.25) is 0 Å². The zero-order valence-corrected chi connectivity index (χ0v) is 14.6. The van der Waals surface area contributed by atoms with Crippen molar-refractivity contribution < 1.29 is 38.4 Å². The molecule has 0 aromatic heterocycles. The molecular weight excluding hydrogens is 358 g/mol. The van der Waals surface area contributed by atoms with Gasteiger partial charge in [-0.25, -0.2) is 9.59 Å². The molecular formula is C18H21NO8. The van der Waals surface area contributed by atoms with Gasteiger partial charge in [0, 0.05) is 13.1 Å². The van der Waals surface area contributed by atoms with Gasteiger partial charge in [0.05, 0.1) is 26.4 Å². The van der Waals surface area contributed by atoms with Gasteiger partial charge in [0.25, 0.3) is 0 Å². The van der Waals surface area contributed by atoms with Gasteiger partial charge in [0.15, 0.2) is 12.2 Å². The summed E-state index contributed by atoms with van der Waals surface area (Å²) in [5.41, 5.74) is 0.0780. The third-order valence-corrected chi connectivity index (χ3v) is 4.87. The lowest BCUT2D eigenvalue weighted by Crippen LogP contribution is -2.44. The lowest BCUT2D eigenvalue weighted by atomic mass is 10.1. The van der Waals surface area contributed by atoms with Crippen molar-refractivity contribution in [3.05, 3.63) is 29.8 Å². The molecule has 0 saturated carbocycles. The zero-order chi connectivity index (χ0) is 18.8. The summed E-state index contributed by atoms with van der Waals surface area (Å²) in [6, 6.07) is 6.15. The van der Waals surface area contributed by atoms with E-state index in [2.05, 4.69) is 0 Å². The van der Waals surface area contributed by atoms with Crippen LogP contribution in [0.1, 0.15) is 10.4 Å². The molecule has 1 aromatic carbocycles. The van der Waals surface area contributed by atoms with E-state index in [0.29, 0.717) is 26.3 Å². The first-order valence-electron chi connectivity index (χ1n) is 8.89. The summed E-state index contributed by atoms with van der Waals surface area (Å²) in [5.74, 6) is -0.803. The first kappa shape index (κ1) is 18.0. The Kier molecular flexibility index (Phi) is 5.15. The lowest BCUT2D eigenvalue weighted by molar-refractivity contribution is -0.0333. The van der Waals surface area contributed by atoms with Crippen LogP contribution in [-0.2, 0) is 23.7 Å². The van der Waals surface area contributed by atoms with Gasteiger partial charge in [-0.1, -0.05) is 12.1 Å². The lowest BCUT2D eigenvalue weighted by Gasteiger charge is -2.28. The average Bonchev–Trinajstić information content (AvgIpc) is 3.26. The van der Waals surface area contributed by atoms with Crippen molar-refractivity contribution in [2.45, 2.75) is 24.4 Å². The molecule has 9 heteroatoms. The van der Waals surface area contributed by atoms with E-state index in [1.54, 1.807) is 17.0 Å². The van der Waals surface area contributed by atoms with Crippen LogP contribution in [0, 0.1) is 0 Å². The van der Waals surface area contributed by atoms with E-state index in [4.69, 9.17) is 23.7 Å². The van der Waals surface area contributed by atoms with Gasteiger partial charge in [0.2, 0.25) is 0 Å². The van der Waals surface area contributed by atoms with Gasteiger partial charge in [-0.15, -0.1) is 0 Å². The number of aromatic hydroxyl groups is 1. The summed E-state index contributed by atoms with van der Waals surface area (Å²) in [5, 5.41) is 9.77. The predicted octanol–water partition coefficient (Wildman–Crippen LogP) is 0.553. The van der Waals surface area contributed by atoms with Crippen LogP contribution in [-0.4, -0.2) is 86.0 Å². The number of phenols is 1. The van der Waals surface area contributed by atoms with Gasteiger partial charge in [-0.05, 0) is 12.1 Å². The third kappa shape index (κ3) is 3.71. The molecule has 0 aliphatic carbocycles. The number of rotatable bonds is 3. The molecule has 4 rings (SSSR count). The maximum absolute atomic E-state index is 12.3. The fourth-order valence-corrected chi connectivity index (χ4v) is 3.43. The number of carbonyl (C=O) groups is 2. The highest BCUT2D eigenvalue weighted by atomic mass is 16.7. The van der Waals surface area contributed by atoms with E-state index >= 15 is 0 Å². The van der Waals surface area contributed by atoms with Crippen LogP contribution in [0.3, 0.4) is 0 Å². The van der Waals surface area contributed by atoms with Crippen molar-refractivity contribution in [3.63, 3.8) is 0 Å². The van der Waals surface area contributed by atoms with Crippen LogP contribution in [0.4, 0.5) is 4.79 Å². The molecule has 1 aromatic rings. The van der Waals surface area contributed by atoms with E-state index in [0.717, 1.165) is 0 Å². The van der Waals surface area contributed by atoms with Crippen LogP contribution < -0.4 is 0 Å². The Morgan fingerprint density at radius 3 is 2.30 bits per heavy atom. The van der Waals surface area contributed by atoms with Crippen LogP contribution >= 0.6 is 0 Å². The Hall–Kier alpha value is -2.36. The summed E-state index contributed by atoms with van der Waals surface area (Å²) in [6.45, 7) is 2.27. The second-order valence-corrected chi connectivity index (χ2v) is 6.58. The minimum Gasteiger partial charge on any atom is -0.507 e. The molecule has 4 atom stereocenters. The number of benzene rings is 1. The van der Waals surface area contributed by atoms with Gasteiger partial charge < -0.3 is 33.7 Å². The standard InChI is InChI=1S/C18H21NO8/c20-12-4-2-1-3-11(12)17(21)26-13-9-24-16-14(10-25-15(13)16)27-18(22)19-5-7-23-8-6-19/h1-4,13-16,20H,5-10H2/t13-,14+,15-,16-/m1/s1. The van der Waals surface area contributed by atoms with E-state index < -0.39 is 36.5 Å². The molecule has 0 unspecified atom stereocenters. The van der Waals surface area contributed by atoms with Gasteiger partial charge in [-0.2, -0.15) is 0 Å². The minimum absolute atomic E-state index is 0.0780. The topological polar surface area (TPSA) is 104 Å². The van der Waals surface area contributed by atoms with Crippen molar-refractivity contribution >= 4 is 12.1 Å². The molecule has 9 nitrogen and oxygen atoms in total. The molecule has 27 heavy (non-hydrogen) atoms. The number of fused-ring (bicyclic) bond motifs is 1. The molecule has 3 aliphatic rings. The normalized spacial score (nSPS) is 30.0. The molecule has 0 radical (unpaired) electrons. The molecule has 3 heterocycles.